The van der Waals surface area contributed by atoms with Crippen molar-refractivity contribution in [3.05, 3.63) is 53.6 Å². The Labute approximate surface area is 137 Å². The van der Waals surface area contributed by atoms with Gasteiger partial charge in [-0.15, -0.1) is 0 Å². The summed E-state index contributed by atoms with van der Waals surface area (Å²) in [6, 6.07) is 7.35. The third-order valence-corrected chi connectivity index (χ3v) is 3.50. The van der Waals surface area contributed by atoms with Crippen LogP contribution in [-0.4, -0.2) is 33.9 Å². The van der Waals surface area contributed by atoms with Crippen LogP contribution in [0.5, 0.6) is 5.75 Å². The van der Waals surface area contributed by atoms with Gasteiger partial charge >= 0.3 is 5.97 Å². The molecule has 0 saturated heterocycles. The molecule has 0 aliphatic carbocycles. The van der Waals surface area contributed by atoms with E-state index in [0.717, 1.165) is 11.1 Å². The third kappa shape index (κ3) is 3.34. The van der Waals surface area contributed by atoms with E-state index in [-0.39, 0.29) is 19.0 Å². The molecule has 6 nitrogen and oxygen atoms in total. The highest BCUT2D eigenvalue weighted by molar-refractivity contribution is 5.93. The van der Waals surface area contributed by atoms with E-state index in [1.54, 1.807) is 17.8 Å². The molecule has 3 rings (SSSR count). The maximum atomic E-state index is 12.8. The summed E-state index contributed by atoms with van der Waals surface area (Å²) in [5.74, 6) is -0.292. The minimum Gasteiger partial charge on any atom is -0.490 e. The minimum absolute atomic E-state index is 0.0836. The van der Waals surface area contributed by atoms with Gasteiger partial charge in [0.1, 0.15) is 24.8 Å². The monoisotopic (exact) mass is 329 g/mol. The summed E-state index contributed by atoms with van der Waals surface area (Å²) >= 11 is 0. The number of hydrogen-bond donors (Lipinski definition) is 0. The molecule has 0 atom stereocenters. The van der Waals surface area contributed by atoms with Crippen molar-refractivity contribution in [2.75, 3.05) is 13.2 Å². The van der Waals surface area contributed by atoms with E-state index in [2.05, 4.69) is 10.1 Å². The summed E-state index contributed by atoms with van der Waals surface area (Å²) < 4.78 is 25.0. The SMILES string of the molecule is Cc1nn(C)c2ncc(C(=O)OCCOc3ccc(F)cc3)cc12. The van der Waals surface area contributed by atoms with E-state index in [1.807, 2.05) is 6.92 Å². The number of hydrogen-bond acceptors (Lipinski definition) is 5. The second kappa shape index (κ2) is 6.66. The Morgan fingerprint density at radius 1 is 1.25 bits per heavy atom. The van der Waals surface area contributed by atoms with E-state index in [9.17, 15) is 9.18 Å². The molecule has 0 N–H and O–H groups in total. The van der Waals surface area contributed by atoms with Gasteiger partial charge < -0.3 is 9.47 Å². The molecule has 0 aliphatic heterocycles. The summed E-state index contributed by atoms with van der Waals surface area (Å²) in [6.45, 7) is 2.12. The Balaban J connectivity index is 1.57. The molecule has 0 radical (unpaired) electrons. The number of halogens is 1. The Morgan fingerprint density at radius 3 is 2.75 bits per heavy atom. The zero-order valence-corrected chi connectivity index (χ0v) is 13.3. The first-order valence-electron chi connectivity index (χ1n) is 7.39. The Morgan fingerprint density at radius 2 is 2.00 bits per heavy atom. The second-order valence-electron chi connectivity index (χ2n) is 5.24. The van der Waals surface area contributed by atoms with Crippen LogP contribution < -0.4 is 4.74 Å². The number of aromatic nitrogens is 3. The topological polar surface area (TPSA) is 66.2 Å². The van der Waals surface area contributed by atoms with Crippen molar-refractivity contribution in [1.29, 1.82) is 0 Å². The van der Waals surface area contributed by atoms with Gasteiger partial charge in [-0.3, -0.25) is 4.68 Å². The molecule has 1 aromatic carbocycles. The van der Waals surface area contributed by atoms with Crippen LogP contribution in [0.15, 0.2) is 36.5 Å². The molecular weight excluding hydrogens is 313 g/mol. The first-order valence-corrected chi connectivity index (χ1v) is 7.39. The molecule has 3 aromatic rings. The average molecular weight is 329 g/mol. The smallest absolute Gasteiger partial charge is 0.339 e. The molecule has 24 heavy (non-hydrogen) atoms. The van der Waals surface area contributed by atoms with Crippen molar-refractivity contribution >= 4 is 17.0 Å². The van der Waals surface area contributed by atoms with Crippen molar-refractivity contribution in [3.8, 4) is 5.75 Å². The lowest BCUT2D eigenvalue weighted by Crippen LogP contribution is -2.12. The number of rotatable bonds is 5. The molecule has 0 aliphatic rings. The maximum absolute atomic E-state index is 12.8. The lowest BCUT2D eigenvalue weighted by atomic mass is 10.2. The Kier molecular flexibility index (Phi) is 4.41. The Hall–Kier alpha value is -2.96. The number of aryl methyl sites for hydroxylation is 2. The van der Waals surface area contributed by atoms with Crippen LogP contribution in [0.3, 0.4) is 0 Å². The molecule has 0 unspecified atom stereocenters. The molecule has 0 spiro atoms. The standard InChI is InChI=1S/C17H16FN3O3/c1-11-15-9-12(10-19-16(15)21(2)20-11)17(22)24-8-7-23-14-5-3-13(18)4-6-14/h3-6,9-10H,7-8H2,1-2H3. The average Bonchev–Trinajstić information content (AvgIpc) is 2.87. The maximum Gasteiger partial charge on any atom is 0.339 e. The fraction of sp³-hybridized carbons (Fsp3) is 0.235. The summed E-state index contributed by atoms with van der Waals surface area (Å²) in [5, 5.41) is 5.08. The van der Waals surface area contributed by atoms with E-state index in [1.165, 1.54) is 30.5 Å². The number of carbonyl (C=O) groups is 1. The number of fused-ring (bicyclic) bond motifs is 1. The normalized spacial score (nSPS) is 10.8. The highest BCUT2D eigenvalue weighted by atomic mass is 19.1. The van der Waals surface area contributed by atoms with Gasteiger partial charge in [-0.05, 0) is 37.3 Å². The molecule has 0 bridgehead atoms. The molecule has 2 aromatic heterocycles. The van der Waals surface area contributed by atoms with Crippen LogP contribution >= 0.6 is 0 Å². The van der Waals surface area contributed by atoms with Crippen molar-refractivity contribution in [1.82, 2.24) is 14.8 Å². The summed E-state index contributed by atoms with van der Waals surface area (Å²) in [4.78, 5) is 16.3. The lowest BCUT2D eigenvalue weighted by Gasteiger charge is -2.07. The van der Waals surface area contributed by atoms with E-state index in [0.29, 0.717) is 17.0 Å². The van der Waals surface area contributed by atoms with Crippen molar-refractivity contribution < 1.29 is 18.7 Å². The first kappa shape index (κ1) is 15.9. The van der Waals surface area contributed by atoms with Gasteiger partial charge in [0.05, 0.1) is 11.3 Å². The van der Waals surface area contributed by atoms with Crippen LogP contribution in [0.4, 0.5) is 4.39 Å². The number of esters is 1. The number of ether oxygens (including phenoxy) is 2. The second-order valence-corrected chi connectivity index (χ2v) is 5.24. The van der Waals surface area contributed by atoms with Crippen LogP contribution in [0, 0.1) is 12.7 Å². The molecular formula is C17H16FN3O3. The van der Waals surface area contributed by atoms with Crippen molar-refractivity contribution in [3.63, 3.8) is 0 Å². The number of benzene rings is 1. The molecule has 0 fully saturated rings. The molecule has 0 amide bonds. The lowest BCUT2D eigenvalue weighted by molar-refractivity contribution is 0.0450. The molecule has 2 heterocycles. The van der Waals surface area contributed by atoms with Crippen molar-refractivity contribution in [2.45, 2.75) is 6.92 Å². The number of nitrogens with zero attached hydrogens (tertiary/aromatic N) is 3. The fourth-order valence-corrected chi connectivity index (χ4v) is 2.33. The highest BCUT2D eigenvalue weighted by Crippen LogP contribution is 2.17. The van der Waals surface area contributed by atoms with Gasteiger partial charge in [0.25, 0.3) is 0 Å². The molecule has 7 heteroatoms. The zero-order chi connectivity index (χ0) is 17.1. The van der Waals surface area contributed by atoms with Gasteiger partial charge in [-0.1, -0.05) is 0 Å². The molecule has 124 valence electrons. The summed E-state index contributed by atoms with van der Waals surface area (Å²) in [6.07, 6.45) is 1.46. The van der Waals surface area contributed by atoms with Crippen LogP contribution in [0.2, 0.25) is 0 Å². The third-order valence-electron chi connectivity index (χ3n) is 3.50. The highest BCUT2D eigenvalue weighted by Gasteiger charge is 2.12. The van der Waals surface area contributed by atoms with Crippen molar-refractivity contribution in [2.24, 2.45) is 7.05 Å². The summed E-state index contributed by atoms with van der Waals surface area (Å²) in [7, 11) is 1.80. The molecule has 0 saturated carbocycles. The van der Waals surface area contributed by atoms with E-state index >= 15 is 0 Å². The predicted molar refractivity (Wildman–Crippen MR) is 85.4 cm³/mol. The Bertz CT molecular complexity index is 875. The van der Waals surface area contributed by atoms with Gasteiger partial charge in [0, 0.05) is 18.6 Å². The van der Waals surface area contributed by atoms with Crippen LogP contribution in [-0.2, 0) is 11.8 Å². The van der Waals surface area contributed by atoms with Gasteiger partial charge in [0.15, 0.2) is 5.65 Å². The zero-order valence-electron chi connectivity index (χ0n) is 13.3. The van der Waals surface area contributed by atoms with E-state index in [4.69, 9.17) is 9.47 Å². The minimum atomic E-state index is -0.477. The largest absolute Gasteiger partial charge is 0.490 e. The first-order chi connectivity index (χ1) is 11.5. The van der Waals surface area contributed by atoms with Crippen LogP contribution in [0.1, 0.15) is 16.1 Å². The number of pyridine rings is 1. The van der Waals surface area contributed by atoms with Crippen LogP contribution in [0.25, 0.3) is 11.0 Å². The van der Waals surface area contributed by atoms with Gasteiger partial charge in [-0.2, -0.15) is 5.10 Å². The van der Waals surface area contributed by atoms with E-state index < -0.39 is 5.97 Å². The predicted octanol–water partition coefficient (Wildman–Crippen LogP) is 2.65. The fourth-order valence-electron chi connectivity index (χ4n) is 2.33. The van der Waals surface area contributed by atoms with Gasteiger partial charge in [0.2, 0.25) is 0 Å². The quantitative estimate of drug-likeness (QED) is 0.532. The number of carbonyl (C=O) groups excluding carboxylic acids is 1. The summed E-state index contributed by atoms with van der Waals surface area (Å²) in [5.41, 5.74) is 1.87. The van der Waals surface area contributed by atoms with Gasteiger partial charge in [-0.25, -0.2) is 14.2 Å².